The average Bonchev–Trinajstić information content (AvgIpc) is 3.65. The Morgan fingerprint density at radius 1 is 1.00 bits per heavy atom. The highest BCUT2D eigenvalue weighted by Crippen LogP contribution is 2.44. The molecule has 10 nitrogen and oxygen atoms in total. The highest BCUT2D eigenvalue weighted by atomic mass is 35.5. The van der Waals surface area contributed by atoms with E-state index in [-0.39, 0.29) is 17.3 Å². The van der Waals surface area contributed by atoms with E-state index < -0.39 is 23.5 Å². The maximum atomic E-state index is 14.0. The van der Waals surface area contributed by atoms with Crippen molar-refractivity contribution in [3.63, 3.8) is 0 Å². The summed E-state index contributed by atoms with van der Waals surface area (Å²) < 4.78 is 22.1. The smallest absolute Gasteiger partial charge is 0.296 e. The second-order valence-corrected chi connectivity index (χ2v) is 9.43. The summed E-state index contributed by atoms with van der Waals surface area (Å²) in [4.78, 5) is 36.5. The number of furan rings is 1. The van der Waals surface area contributed by atoms with Crippen LogP contribution in [0, 0.1) is 0 Å². The van der Waals surface area contributed by atoms with Gasteiger partial charge in [-0.3, -0.25) is 14.5 Å². The largest absolute Gasteiger partial charge is 0.503 e. The number of carbonyl (C=O) groups is 2. The third-order valence-corrected chi connectivity index (χ3v) is 6.99. The molecular formula is C29H22ClN3O7. The number of halogens is 1. The van der Waals surface area contributed by atoms with Crippen molar-refractivity contribution in [2.45, 2.75) is 6.04 Å². The van der Waals surface area contributed by atoms with Gasteiger partial charge in [0.15, 0.2) is 34.4 Å². The van der Waals surface area contributed by atoms with Gasteiger partial charge in [-0.2, -0.15) is 0 Å². The lowest BCUT2D eigenvalue weighted by molar-refractivity contribution is -0.117. The average molecular weight is 560 g/mol. The number of hydrogen-bond acceptors (Lipinski definition) is 8. The lowest BCUT2D eigenvalue weighted by Crippen LogP contribution is -2.32. The molecule has 0 saturated carbocycles. The SMILES string of the molecule is COc1ccc(C2C(C(=O)c3cc4cc(Cl)cc(OC)c4o3)=C(O)C(=O)N2c2nc3ccccc3[nH]2)cc1OC. The van der Waals surface area contributed by atoms with E-state index in [1.807, 2.05) is 18.2 Å². The quantitative estimate of drug-likeness (QED) is 0.241. The molecule has 0 fully saturated rings. The summed E-state index contributed by atoms with van der Waals surface area (Å²) in [7, 11) is 4.43. The molecule has 1 aliphatic rings. The molecule has 11 heteroatoms. The number of amides is 1. The van der Waals surface area contributed by atoms with E-state index in [9.17, 15) is 14.7 Å². The van der Waals surface area contributed by atoms with Crippen molar-refractivity contribution in [2.75, 3.05) is 26.2 Å². The molecule has 0 spiro atoms. The zero-order valence-corrected chi connectivity index (χ0v) is 22.3. The highest BCUT2D eigenvalue weighted by molar-refractivity contribution is 6.31. The molecule has 3 aromatic carbocycles. The van der Waals surface area contributed by atoms with E-state index in [0.29, 0.717) is 49.8 Å². The number of ketones is 1. The minimum Gasteiger partial charge on any atom is -0.503 e. The van der Waals surface area contributed by atoms with Crippen molar-refractivity contribution < 1.29 is 33.3 Å². The molecule has 0 aliphatic carbocycles. The van der Waals surface area contributed by atoms with E-state index in [1.165, 1.54) is 32.3 Å². The third-order valence-electron chi connectivity index (χ3n) is 6.77. The normalized spacial score (nSPS) is 15.3. The van der Waals surface area contributed by atoms with Gasteiger partial charge in [0, 0.05) is 16.5 Å². The first-order valence-electron chi connectivity index (χ1n) is 12.1. The van der Waals surface area contributed by atoms with Crippen molar-refractivity contribution in [1.29, 1.82) is 0 Å². The molecule has 0 saturated heterocycles. The number of rotatable bonds is 7. The fourth-order valence-electron chi connectivity index (χ4n) is 4.93. The third kappa shape index (κ3) is 3.92. The van der Waals surface area contributed by atoms with E-state index in [2.05, 4.69) is 9.97 Å². The first-order chi connectivity index (χ1) is 19.3. The molecule has 2 N–H and O–H groups in total. The topological polar surface area (TPSA) is 127 Å². The van der Waals surface area contributed by atoms with Crippen LogP contribution in [0.3, 0.4) is 0 Å². The number of imidazole rings is 1. The van der Waals surface area contributed by atoms with Gasteiger partial charge in [-0.05, 0) is 42.0 Å². The minimum atomic E-state index is -1.08. The van der Waals surface area contributed by atoms with Gasteiger partial charge in [0.1, 0.15) is 0 Å². The number of ether oxygens (including phenoxy) is 3. The standard InChI is InChI=1S/C29H22ClN3O7/c1-37-19-9-8-14(11-20(19)38-2)24-23(25(34)21-12-15-10-16(30)13-22(39-3)27(15)40-21)26(35)28(36)33(24)29-31-17-6-4-5-7-18(17)32-29/h4-13,24,35H,1-3H3,(H,31,32). The molecule has 2 aromatic heterocycles. The number of benzene rings is 3. The summed E-state index contributed by atoms with van der Waals surface area (Å²) in [5, 5.41) is 12.1. The van der Waals surface area contributed by atoms with Gasteiger partial charge >= 0.3 is 0 Å². The summed E-state index contributed by atoms with van der Waals surface area (Å²) in [6.45, 7) is 0. The minimum absolute atomic E-state index is 0.109. The zero-order valence-electron chi connectivity index (χ0n) is 21.5. The van der Waals surface area contributed by atoms with Gasteiger partial charge in [0.2, 0.25) is 11.7 Å². The van der Waals surface area contributed by atoms with Crippen molar-refractivity contribution in [2.24, 2.45) is 0 Å². The Bertz CT molecular complexity index is 1820. The fourth-order valence-corrected chi connectivity index (χ4v) is 5.15. The number of fused-ring (bicyclic) bond motifs is 2. The van der Waals surface area contributed by atoms with Crippen LogP contribution in [0.4, 0.5) is 5.95 Å². The lowest BCUT2D eigenvalue weighted by Gasteiger charge is -2.25. The number of hydrogen-bond donors (Lipinski definition) is 2. The number of aliphatic hydroxyl groups is 1. The molecule has 3 heterocycles. The number of para-hydroxylation sites is 2. The molecule has 202 valence electrons. The Kier molecular flexibility index (Phi) is 6.11. The Balaban J connectivity index is 1.53. The van der Waals surface area contributed by atoms with Crippen molar-refractivity contribution in [3.05, 3.63) is 88.3 Å². The van der Waals surface area contributed by atoms with E-state index in [0.717, 1.165) is 0 Å². The molecule has 0 bridgehead atoms. The van der Waals surface area contributed by atoms with Crippen LogP contribution >= 0.6 is 11.6 Å². The Labute approximate surface area is 232 Å². The first-order valence-corrected chi connectivity index (χ1v) is 12.5. The van der Waals surface area contributed by atoms with Crippen molar-refractivity contribution in [1.82, 2.24) is 9.97 Å². The van der Waals surface area contributed by atoms with Crippen LogP contribution in [0.15, 0.2) is 76.4 Å². The summed E-state index contributed by atoms with van der Waals surface area (Å²) >= 11 is 6.20. The number of nitrogens with one attached hydrogen (secondary N) is 1. The Hall–Kier alpha value is -4.96. The van der Waals surface area contributed by atoms with Crippen LogP contribution in [-0.2, 0) is 4.79 Å². The van der Waals surface area contributed by atoms with Crippen LogP contribution in [0.1, 0.15) is 22.2 Å². The second kappa shape index (κ2) is 9.65. The number of aromatic nitrogens is 2. The van der Waals surface area contributed by atoms with Gasteiger partial charge < -0.3 is 28.7 Å². The van der Waals surface area contributed by atoms with Gasteiger partial charge in [-0.1, -0.05) is 29.8 Å². The number of methoxy groups -OCH3 is 3. The predicted octanol–water partition coefficient (Wildman–Crippen LogP) is 5.77. The van der Waals surface area contributed by atoms with Crippen molar-refractivity contribution in [3.8, 4) is 17.2 Å². The number of aliphatic hydroxyl groups excluding tert-OH is 1. The van der Waals surface area contributed by atoms with Gasteiger partial charge in [-0.15, -0.1) is 0 Å². The van der Waals surface area contributed by atoms with Crippen LogP contribution in [0.25, 0.3) is 22.0 Å². The number of carbonyl (C=O) groups excluding carboxylic acids is 2. The van der Waals surface area contributed by atoms with Crippen LogP contribution in [0.2, 0.25) is 5.02 Å². The number of H-pyrrole nitrogens is 1. The van der Waals surface area contributed by atoms with Crippen LogP contribution < -0.4 is 19.1 Å². The Morgan fingerprint density at radius 2 is 1.75 bits per heavy atom. The molecule has 0 radical (unpaired) electrons. The number of aromatic amines is 1. The highest BCUT2D eigenvalue weighted by Gasteiger charge is 2.47. The van der Waals surface area contributed by atoms with Crippen molar-refractivity contribution >= 4 is 51.2 Å². The molecule has 1 aliphatic heterocycles. The summed E-state index contributed by atoms with van der Waals surface area (Å²) in [6, 6.07) is 15.8. The molecule has 6 rings (SSSR count). The van der Waals surface area contributed by atoms with Gasteiger partial charge in [-0.25, -0.2) is 4.98 Å². The summed E-state index contributed by atoms with van der Waals surface area (Å²) in [5.74, 6) is -1.03. The monoisotopic (exact) mass is 559 g/mol. The predicted molar refractivity (Wildman–Crippen MR) is 148 cm³/mol. The number of nitrogens with zero attached hydrogens (tertiary/aromatic N) is 2. The molecule has 1 unspecified atom stereocenters. The number of Topliss-reactive ketones (excluding diaryl/α,β-unsaturated/α-hetero) is 1. The summed E-state index contributed by atoms with van der Waals surface area (Å²) in [6.07, 6.45) is 0. The molecule has 1 atom stereocenters. The molecular weight excluding hydrogens is 538 g/mol. The van der Waals surface area contributed by atoms with Crippen LogP contribution in [0.5, 0.6) is 17.2 Å². The number of anilines is 1. The maximum absolute atomic E-state index is 14.0. The van der Waals surface area contributed by atoms with E-state index in [4.69, 9.17) is 30.2 Å². The maximum Gasteiger partial charge on any atom is 0.296 e. The van der Waals surface area contributed by atoms with E-state index in [1.54, 1.807) is 36.4 Å². The van der Waals surface area contributed by atoms with Gasteiger partial charge in [0.25, 0.3) is 5.91 Å². The molecule has 1 amide bonds. The Morgan fingerprint density at radius 3 is 2.48 bits per heavy atom. The van der Waals surface area contributed by atoms with Gasteiger partial charge in [0.05, 0.1) is 44.0 Å². The molecule has 5 aromatic rings. The van der Waals surface area contributed by atoms with Crippen LogP contribution in [-0.4, -0.2) is 48.1 Å². The second-order valence-electron chi connectivity index (χ2n) is 9.00. The fraction of sp³-hybridized carbons (Fsp3) is 0.138. The summed E-state index contributed by atoms with van der Waals surface area (Å²) in [5.41, 5.74) is 1.86. The molecule has 40 heavy (non-hydrogen) atoms. The lowest BCUT2D eigenvalue weighted by atomic mass is 9.94. The van der Waals surface area contributed by atoms with E-state index >= 15 is 0 Å². The first kappa shape index (κ1) is 25.3. The zero-order chi connectivity index (χ0) is 28.1.